The highest BCUT2D eigenvalue weighted by atomic mass is 15.3. The summed E-state index contributed by atoms with van der Waals surface area (Å²) in [6.07, 6.45) is 4.39. The lowest BCUT2D eigenvalue weighted by Crippen LogP contribution is -2.34. The monoisotopic (exact) mass is 238 g/mol. The maximum absolute atomic E-state index is 6.05. The number of nitrogens with two attached hydrogens (primary N) is 1. The van der Waals surface area contributed by atoms with Crippen molar-refractivity contribution in [1.29, 1.82) is 0 Å². The number of nitrogens with zero attached hydrogens (tertiary/aromatic N) is 3. The molecule has 4 nitrogen and oxygen atoms in total. The number of aromatic nitrogens is 2. The third kappa shape index (κ3) is 4.48. The smallest absolute Gasteiger partial charge is 0.0638 e. The Morgan fingerprint density at radius 2 is 2.18 bits per heavy atom. The second-order valence-electron chi connectivity index (χ2n) is 4.84. The van der Waals surface area contributed by atoms with E-state index in [-0.39, 0.29) is 6.04 Å². The molecule has 1 heterocycles. The first-order valence-electron chi connectivity index (χ1n) is 6.53. The molecule has 0 saturated heterocycles. The highest BCUT2D eigenvalue weighted by Crippen LogP contribution is 2.09. The molecule has 2 N–H and O–H groups in total. The van der Waals surface area contributed by atoms with Crippen molar-refractivity contribution in [3.8, 4) is 0 Å². The van der Waals surface area contributed by atoms with Crippen molar-refractivity contribution < 1.29 is 0 Å². The predicted octanol–water partition coefficient (Wildman–Crippen LogP) is 1.77. The lowest BCUT2D eigenvalue weighted by Gasteiger charge is -2.20. The molecular weight excluding hydrogens is 212 g/mol. The minimum absolute atomic E-state index is 0.284. The average Bonchev–Trinajstić information content (AvgIpc) is 2.59. The van der Waals surface area contributed by atoms with Gasteiger partial charge in [0.25, 0.3) is 0 Å². The molecule has 0 unspecified atom stereocenters. The van der Waals surface area contributed by atoms with E-state index in [1.807, 2.05) is 4.68 Å². The van der Waals surface area contributed by atoms with Crippen LogP contribution in [-0.4, -0.2) is 34.3 Å². The van der Waals surface area contributed by atoms with Crippen LogP contribution in [0, 0.1) is 6.92 Å². The Bertz CT molecular complexity index is 332. The summed E-state index contributed by atoms with van der Waals surface area (Å²) in [5, 5.41) is 4.46. The summed E-state index contributed by atoms with van der Waals surface area (Å²) in [5.74, 6) is 0. The van der Waals surface area contributed by atoms with E-state index in [4.69, 9.17) is 5.73 Å². The fourth-order valence-corrected chi connectivity index (χ4v) is 2.09. The highest BCUT2D eigenvalue weighted by molar-refractivity contribution is 5.15. The van der Waals surface area contributed by atoms with Crippen molar-refractivity contribution in [2.45, 2.75) is 52.7 Å². The zero-order chi connectivity index (χ0) is 12.8. The molecule has 0 saturated carbocycles. The Balaban J connectivity index is 2.49. The molecule has 4 heteroatoms. The van der Waals surface area contributed by atoms with E-state index in [0.29, 0.717) is 0 Å². The maximum atomic E-state index is 6.05. The molecular formula is C13H26N4. The van der Waals surface area contributed by atoms with Crippen molar-refractivity contribution in [1.82, 2.24) is 14.7 Å². The molecule has 0 spiro atoms. The van der Waals surface area contributed by atoms with Gasteiger partial charge in [0, 0.05) is 37.4 Å². The van der Waals surface area contributed by atoms with Crippen LogP contribution < -0.4 is 5.73 Å². The van der Waals surface area contributed by atoms with Crippen LogP contribution in [0.4, 0.5) is 0 Å². The van der Waals surface area contributed by atoms with Crippen LogP contribution in [0.1, 0.15) is 37.9 Å². The molecule has 0 bridgehead atoms. The SMILES string of the molecule is CCC[C@H](N)CN(C)Cc1cn(CC)nc1C. The number of rotatable bonds is 7. The number of hydrogen-bond donors (Lipinski definition) is 1. The van der Waals surface area contributed by atoms with Gasteiger partial charge >= 0.3 is 0 Å². The van der Waals surface area contributed by atoms with Crippen LogP contribution >= 0.6 is 0 Å². The van der Waals surface area contributed by atoms with E-state index in [1.165, 1.54) is 5.56 Å². The van der Waals surface area contributed by atoms with Crippen molar-refractivity contribution in [2.24, 2.45) is 5.73 Å². The summed E-state index contributed by atoms with van der Waals surface area (Å²) >= 11 is 0. The first-order chi connectivity index (χ1) is 8.06. The van der Waals surface area contributed by atoms with Gasteiger partial charge in [-0.15, -0.1) is 0 Å². The van der Waals surface area contributed by atoms with Crippen LogP contribution in [0.25, 0.3) is 0 Å². The van der Waals surface area contributed by atoms with Crippen molar-refractivity contribution in [3.63, 3.8) is 0 Å². The zero-order valence-corrected chi connectivity index (χ0v) is 11.6. The van der Waals surface area contributed by atoms with Gasteiger partial charge in [0.15, 0.2) is 0 Å². The summed E-state index contributed by atoms with van der Waals surface area (Å²) in [6, 6.07) is 0.284. The first-order valence-corrected chi connectivity index (χ1v) is 6.53. The molecule has 0 radical (unpaired) electrons. The van der Waals surface area contributed by atoms with Crippen LogP contribution in [0.5, 0.6) is 0 Å². The number of likely N-dealkylation sites (N-methyl/N-ethyl adjacent to an activating group) is 1. The van der Waals surface area contributed by atoms with Crippen molar-refractivity contribution in [2.75, 3.05) is 13.6 Å². The lowest BCUT2D eigenvalue weighted by molar-refractivity contribution is 0.296. The third-order valence-corrected chi connectivity index (χ3v) is 3.02. The van der Waals surface area contributed by atoms with Gasteiger partial charge in [0.2, 0.25) is 0 Å². The minimum Gasteiger partial charge on any atom is -0.327 e. The van der Waals surface area contributed by atoms with Gasteiger partial charge in [0.05, 0.1) is 5.69 Å². The molecule has 0 aliphatic rings. The Labute approximate surface area is 105 Å². The maximum Gasteiger partial charge on any atom is 0.0638 e. The molecule has 1 aromatic rings. The van der Waals surface area contributed by atoms with E-state index in [1.54, 1.807) is 0 Å². The number of aryl methyl sites for hydroxylation is 2. The molecule has 0 aliphatic carbocycles. The Kier molecular flexibility index (Phi) is 5.65. The molecule has 0 aliphatic heterocycles. The number of hydrogen-bond acceptors (Lipinski definition) is 3. The van der Waals surface area contributed by atoms with E-state index < -0.39 is 0 Å². The van der Waals surface area contributed by atoms with Gasteiger partial charge in [-0.3, -0.25) is 4.68 Å². The topological polar surface area (TPSA) is 47.1 Å². The zero-order valence-electron chi connectivity index (χ0n) is 11.6. The lowest BCUT2D eigenvalue weighted by atomic mass is 10.1. The van der Waals surface area contributed by atoms with Crippen LogP contribution in [-0.2, 0) is 13.1 Å². The summed E-state index contributed by atoms with van der Waals surface area (Å²) < 4.78 is 1.99. The van der Waals surface area contributed by atoms with Gasteiger partial charge < -0.3 is 10.6 Å². The van der Waals surface area contributed by atoms with Crippen LogP contribution in [0.15, 0.2) is 6.20 Å². The normalized spacial score (nSPS) is 13.3. The fourth-order valence-electron chi connectivity index (χ4n) is 2.09. The highest BCUT2D eigenvalue weighted by Gasteiger charge is 2.10. The predicted molar refractivity (Wildman–Crippen MR) is 71.9 cm³/mol. The summed E-state index contributed by atoms with van der Waals surface area (Å²) in [6.45, 7) is 9.17. The molecule has 17 heavy (non-hydrogen) atoms. The summed E-state index contributed by atoms with van der Waals surface area (Å²) in [4.78, 5) is 2.28. The van der Waals surface area contributed by atoms with Crippen LogP contribution in [0.2, 0.25) is 0 Å². The molecule has 0 fully saturated rings. The minimum atomic E-state index is 0.284. The fraction of sp³-hybridized carbons (Fsp3) is 0.769. The van der Waals surface area contributed by atoms with Gasteiger partial charge in [-0.05, 0) is 27.3 Å². The second kappa shape index (κ2) is 6.77. The Morgan fingerprint density at radius 1 is 1.47 bits per heavy atom. The largest absolute Gasteiger partial charge is 0.327 e. The van der Waals surface area contributed by atoms with Gasteiger partial charge in [0.1, 0.15) is 0 Å². The molecule has 98 valence electrons. The van der Waals surface area contributed by atoms with Crippen LogP contribution in [0.3, 0.4) is 0 Å². The van der Waals surface area contributed by atoms with E-state index in [2.05, 4.69) is 44.0 Å². The molecule has 1 rings (SSSR count). The average molecular weight is 238 g/mol. The third-order valence-electron chi connectivity index (χ3n) is 3.02. The molecule has 0 amide bonds. The summed E-state index contributed by atoms with van der Waals surface area (Å²) in [7, 11) is 2.12. The van der Waals surface area contributed by atoms with Gasteiger partial charge in [-0.25, -0.2) is 0 Å². The van der Waals surface area contributed by atoms with Crippen molar-refractivity contribution in [3.05, 3.63) is 17.5 Å². The van der Waals surface area contributed by atoms with E-state index >= 15 is 0 Å². The standard InChI is InChI=1S/C13H26N4/c1-5-7-13(14)10-16(4)8-12-9-17(6-2)15-11(12)3/h9,13H,5-8,10,14H2,1-4H3/t13-/m0/s1. The Morgan fingerprint density at radius 3 is 2.71 bits per heavy atom. The van der Waals surface area contributed by atoms with Gasteiger partial charge in [-0.1, -0.05) is 13.3 Å². The second-order valence-corrected chi connectivity index (χ2v) is 4.84. The first kappa shape index (κ1) is 14.2. The van der Waals surface area contributed by atoms with Crippen molar-refractivity contribution >= 4 is 0 Å². The quantitative estimate of drug-likeness (QED) is 0.787. The van der Waals surface area contributed by atoms with E-state index in [0.717, 1.165) is 38.2 Å². The van der Waals surface area contributed by atoms with E-state index in [9.17, 15) is 0 Å². The summed E-state index contributed by atoms with van der Waals surface area (Å²) in [5.41, 5.74) is 8.48. The molecule has 1 aromatic heterocycles. The Hall–Kier alpha value is -0.870. The molecule has 1 atom stereocenters. The van der Waals surface area contributed by atoms with Gasteiger partial charge in [-0.2, -0.15) is 5.10 Å². The molecule has 0 aromatic carbocycles.